The summed E-state index contributed by atoms with van der Waals surface area (Å²) in [6.07, 6.45) is -3.10. The van der Waals surface area contributed by atoms with Gasteiger partial charge in [-0.25, -0.2) is 4.98 Å². The van der Waals surface area contributed by atoms with Crippen LogP contribution in [-0.4, -0.2) is 32.4 Å². The van der Waals surface area contributed by atoms with E-state index < -0.39 is 24.6 Å². The van der Waals surface area contributed by atoms with E-state index in [1.54, 1.807) is 18.2 Å². The lowest BCUT2D eigenvalue weighted by atomic mass is 10.0. The van der Waals surface area contributed by atoms with E-state index in [0.29, 0.717) is 15.5 Å². The first-order valence-corrected chi connectivity index (χ1v) is 6.30. The molecule has 2 atom stereocenters. The standard InChI is InChI=1S/C11H10ClNO4S/c12-11-13-6-2-1-5(3-8(6)18-11)10(17)7(14)4-9(15)16/h1-3,7,10,14,17H,4H2,(H,15,16). The minimum absolute atomic E-state index is 0.391. The number of carboxylic acid groups (broad SMARTS) is 1. The molecule has 0 spiro atoms. The van der Waals surface area contributed by atoms with Crippen molar-refractivity contribution in [2.75, 3.05) is 0 Å². The highest BCUT2D eigenvalue weighted by Gasteiger charge is 2.21. The largest absolute Gasteiger partial charge is 0.481 e. The number of carboxylic acids is 1. The van der Waals surface area contributed by atoms with Crippen molar-refractivity contribution in [3.8, 4) is 0 Å². The van der Waals surface area contributed by atoms with Crippen molar-refractivity contribution in [2.45, 2.75) is 18.6 Å². The lowest BCUT2D eigenvalue weighted by molar-refractivity contribution is -0.141. The number of hydrogen-bond acceptors (Lipinski definition) is 5. The fourth-order valence-electron chi connectivity index (χ4n) is 1.61. The van der Waals surface area contributed by atoms with Crippen LogP contribution in [0.5, 0.6) is 0 Å². The number of aromatic nitrogens is 1. The number of thiazole rings is 1. The van der Waals surface area contributed by atoms with Gasteiger partial charge in [0.25, 0.3) is 0 Å². The average molecular weight is 288 g/mol. The number of rotatable bonds is 4. The van der Waals surface area contributed by atoms with Crippen molar-refractivity contribution < 1.29 is 20.1 Å². The van der Waals surface area contributed by atoms with Gasteiger partial charge in [-0.2, -0.15) is 0 Å². The van der Waals surface area contributed by atoms with E-state index in [0.717, 1.165) is 4.70 Å². The van der Waals surface area contributed by atoms with Crippen molar-refractivity contribution in [2.24, 2.45) is 0 Å². The van der Waals surface area contributed by atoms with Crippen LogP contribution in [0.4, 0.5) is 0 Å². The molecule has 0 aliphatic rings. The van der Waals surface area contributed by atoms with Crippen LogP contribution in [0.2, 0.25) is 4.47 Å². The van der Waals surface area contributed by atoms with Crippen molar-refractivity contribution in [3.63, 3.8) is 0 Å². The maximum atomic E-state index is 10.5. The smallest absolute Gasteiger partial charge is 0.306 e. The fraction of sp³-hybridized carbons (Fsp3) is 0.273. The van der Waals surface area contributed by atoms with E-state index in [-0.39, 0.29) is 0 Å². The van der Waals surface area contributed by atoms with Crippen LogP contribution in [0.15, 0.2) is 18.2 Å². The topological polar surface area (TPSA) is 90.7 Å². The summed E-state index contributed by atoms with van der Waals surface area (Å²) in [6, 6.07) is 4.91. The molecule has 0 saturated carbocycles. The molecule has 1 aromatic carbocycles. The molecule has 96 valence electrons. The quantitative estimate of drug-likeness (QED) is 0.798. The Morgan fingerprint density at radius 1 is 1.44 bits per heavy atom. The molecule has 0 aliphatic carbocycles. The van der Waals surface area contributed by atoms with Gasteiger partial charge in [0, 0.05) is 0 Å². The lowest BCUT2D eigenvalue weighted by Crippen LogP contribution is -2.21. The van der Waals surface area contributed by atoms with E-state index in [1.165, 1.54) is 11.3 Å². The summed E-state index contributed by atoms with van der Waals surface area (Å²) in [6.45, 7) is 0. The van der Waals surface area contributed by atoms with Gasteiger partial charge in [-0.1, -0.05) is 17.7 Å². The molecule has 0 saturated heterocycles. The van der Waals surface area contributed by atoms with E-state index >= 15 is 0 Å². The van der Waals surface area contributed by atoms with Gasteiger partial charge in [-0.05, 0) is 17.7 Å². The van der Waals surface area contributed by atoms with E-state index in [1.807, 2.05) is 0 Å². The molecular weight excluding hydrogens is 278 g/mol. The van der Waals surface area contributed by atoms with Gasteiger partial charge in [0.2, 0.25) is 0 Å². The molecule has 5 nitrogen and oxygen atoms in total. The second kappa shape index (κ2) is 5.19. The summed E-state index contributed by atoms with van der Waals surface area (Å²) in [4.78, 5) is 14.5. The van der Waals surface area contributed by atoms with Crippen molar-refractivity contribution in [1.82, 2.24) is 4.98 Å². The number of carbonyl (C=O) groups is 1. The van der Waals surface area contributed by atoms with Crippen molar-refractivity contribution >= 4 is 39.1 Å². The number of aliphatic hydroxyl groups excluding tert-OH is 2. The van der Waals surface area contributed by atoms with Crippen LogP contribution in [0.1, 0.15) is 18.1 Å². The first kappa shape index (κ1) is 13.2. The Labute approximate surface area is 111 Å². The Hall–Kier alpha value is -1.21. The Morgan fingerprint density at radius 3 is 2.83 bits per heavy atom. The van der Waals surface area contributed by atoms with Crippen LogP contribution in [0.25, 0.3) is 10.2 Å². The highest BCUT2D eigenvalue weighted by atomic mass is 35.5. The van der Waals surface area contributed by atoms with Gasteiger partial charge in [0.15, 0.2) is 4.47 Å². The Balaban J connectivity index is 2.26. The van der Waals surface area contributed by atoms with Crippen LogP contribution < -0.4 is 0 Å². The summed E-state index contributed by atoms with van der Waals surface area (Å²) in [5.74, 6) is -1.16. The number of nitrogens with zero attached hydrogens (tertiary/aromatic N) is 1. The summed E-state index contributed by atoms with van der Waals surface area (Å²) < 4.78 is 1.17. The predicted molar refractivity (Wildman–Crippen MR) is 67.8 cm³/mol. The van der Waals surface area contributed by atoms with E-state index in [4.69, 9.17) is 16.7 Å². The number of aliphatic carboxylic acids is 1. The van der Waals surface area contributed by atoms with Gasteiger partial charge in [0.1, 0.15) is 6.10 Å². The number of halogens is 1. The molecule has 7 heteroatoms. The first-order valence-electron chi connectivity index (χ1n) is 5.11. The normalized spacial score (nSPS) is 14.6. The van der Waals surface area contributed by atoms with Crippen molar-refractivity contribution in [3.05, 3.63) is 28.2 Å². The minimum Gasteiger partial charge on any atom is -0.481 e. The molecule has 0 radical (unpaired) electrons. The third-order valence-electron chi connectivity index (χ3n) is 2.48. The number of hydrogen-bond donors (Lipinski definition) is 3. The Bertz CT molecular complexity index is 585. The SMILES string of the molecule is O=C(O)CC(O)C(O)c1ccc2nc(Cl)sc2c1. The molecule has 1 aromatic heterocycles. The van der Waals surface area contributed by atoms with Crippen LogP contribution >= 0.6 is 22.9 Å². The molecule has 2 aromatic rings. The summed E-state index contributed by atoms with van der Waals surface area (Å²) in [5.41, 5.74) is 1.14. The van der Waals surface area contributed by atoms with Gasteiger partial charge < -0.3 is 15.3 Å². The molecule has 18 heavy (non-hydrogen) atoms. The summed E-state index contributed by atoms with van der Waals surface area (Å²) in [7, 11) is 0. The van der Waals surface area contributed by atoms with Gasteiger partial charge >= 0.3 is 5.97 Å². The Kier molecular flexibility index (Phi) is 3.82. The van der Waals surface area contributed by atoms with E-state index in [2.05, 4.69) is 4.98 Å². The second-order valence-corrected chi connectivity index (χ2v) is 5.42. The second-order valence-electron chi connectivity index (χ2n) is 3.80. The molecule has 0 bridgehead atoms. The third kappa shape index (κ3) is 2.78. The van der Waals surface area contributed by atoms with Crippen LogP contribution in [0, 0.1) is 0 Å². The molecule has 2 rings (SSSR count). The zero-order chi connectivity index (χ0) is 13.3. The minimum atomic E-state index is -1.34. The number of fused-ring (bicyclic) bond motifs is 1. The number of benzene rings is 1. The highest BCUT2D eigenvalue weighted by Crippen LogP contribution is 2.29. The highest BCUT2D eigenvalue weighted by molar-refractivity contribution is 7.22. The summed E-state index contributed by atoms with van der Waals surface area (Å²) in [5, 5.41) is 28.0. The van der Waals surface area contributed by atoms with Gasteiger partial charge in [-0.15, -0.1) is 11.3 Å². The summed E-state index contributed by atoms with van der Waals surface area (Å²) >= 11 is 7.02. The zero-order valence-electron chi connectivity index (χ0n) is 9.08. The number of aliphatic hydroxyl groups is 2. The average Bonchev–Trinajstić information content (AvgIpc) is 2.65. The fourth-order valence-corrected chi connectivity index (χ4v) is 2.69. The molecule has 0 aliphatic heterocycles. The van der Waals surface area contributed by atoms with E-state index in [9.17, 15) is 15.0 Å². The first-order chi connectivity index (χ1) is 8.47. The zero-order valence-corrected chi connectivity index (χ0v) is 10.6. The van der Waals surface area contributed by atoms with Crippen LogP contribution in [0.3, 0.4) is 0 Å². The van der Waals surface area contributed by atoms with Crippen molar-refractivity contribution in [1.29, 1.82) is 0 Å². The van der Waals surface area contributed by atoms with Gasteiger partial charge in [0.05, 0.1) is 22.7 Å². The molecule has 0 amide bonds. The predicted octanol–water partition coefficient (Wildman–Crippen LogP) is 1.82. The van der Waals surface area contributed by atoms with Crippen LogP contribution in [-0.2, 0) is 4.79 Å². The molecule has 2 unspecified atom stereocenters. The van der Waals surface area contributed by atoms with Gasteiger partial charge in [-0.3, -0.25) is 4.79 Å². The maximum Gasteiger partial charge on any atom is 0.306 e. The molecule has 1 heterocycles. The maximum absolute atomic E-state index is 10.5. The monoisotopic (exact) mass is 287 g/mol. The Morgan fingerprint density at radius 2 is 2.17 bits per heavy atom. The lowest BCUT2D eigenvalue weighted by Gasteiger charge is -2.16. The molecule has 3 N–H and O–H groups in total. The molecule has 0 fully saturated rings. The molecular formula is C11H10ClNO4S. The third-order valence-corrected chi connectivity index (χ3v) is 3.60.